The number of nitrogens with two attached hydrogens (primary N) is 1. The van der Waals surface area contributed by atoms with Crippen molar-refractivity contribution >= 4 is 18.4 Å². The maximum atomic E-state index is 11.5. The highest BCUT2D eigenvalue weighted by Gasteiger charge is 2.36. The molecule has 4 heteroatoms. The zero-order valence-corrected chi connectivity index (χ0v) is 10.6. The first kappa shape index (κ1) is 14.9. The van der Waals surface area contributed by atoms with Crippen molar-refractivity contribution < 1.29 is 9.53 Å². The molecule has 2 N–H and O–H groups in total. The van der Waals surface area contributed by atoms with Gasteiger partial charge in [-0.15, -0.1) is 12.4 Å². The van der Waals surface area contributed by atoms with Crippen LogP contribution in [0.4, 0.5) is 0 Å². The Morgan fingerprint density at radius 3 is 2.25 bits per heavy atom. The summed E-state index contributed by atoms with van der Waals surface area (Å²) in [5.74, 6) is -0.293. The fraction of sp³-hybridized carbons (Fsp3) is 0.417. The highest BCUT2D eigenvalue weighted by Crippen LogP contribution is 2.32. The van der Waals surface area contributed by atoms with Gasteiger partial charge in [-0.05, 0) is 19.4 Å². The van der Waals surface area contributed by atoms with Crippen molar-refractivity contribution in [2.45, 2.75) is 19.9 Å². The van der Waals surface area contributed by atoms with Gasteiger partial charge < -0.3 is 10.5 Å². The molecule has 3 nitrogen and oxygen atoms in total. The number of halogens is 1. The van der Waals surface area contributed by atoms with Crippen LogP contribution in [-0.4, -0.2) is 13.1 Å². The quantitative estimate of drug-likeness (QED) is 0.829. The molecule has 0 fully saturated rings. The topological polar surface area (TPSA) is 52.3 Å². The SMILES string of the molecule is COC(=O)C(C)(C)[C@@H](N)c1ccccc1.Cl. The van der Waals surface area contributed by atoms with Crippen LogP contribution in [0.1, 0.15) is 25.5 Å². The van der Waals surface area contributed by atoms with Crippen LogP contribution in [0.25, 0.3) is 0 Å². The van der Waals surface area contributed by atoms with Gasteiger partial charge in [-0.2, -0.15) is 0 Å². The molecule has 0 spiro atoms. The molecule has 1 aromatic rings. The van der Waals surface area contributed by atoms with E-state index in [1.54, 1.807) is 13.8 Å². The molecule has 1 atom stereocenters. The first-order valence-electron chi connectivity index (χ1n) is 4.89. The van der Waals surface area contributed by atoms with E-state index in [-0.39, 0.29) is 24.4 Å². The number of carbonyl (C=O) groups excluding carboxylic acids is 1. The predicted molar refractivity (Wildman–Crippen MR) is 66.4 cm³/mol. The Balaban J connectivity index is 0.00000225. The molecule has 16 heavy (non-hydrogen) atoms. The summed E-state index contributed by atoms with van der Waals surface area (Å²) in [6, 6.07) is 9.20. The van der Waals surface area contributed by atoms with E-state index in [0.29, 0.717) is 0 Å². The molecule has 0 aliphatic heterocycles. The molecule has 0 amide bonds. The van der Waals surface area contributed by atoms with Gasteiger partial charge in [-0.25, -0.2) is 0 Å². The lowest BCUT2D eigenvalue weighted by Gasteiger charge is -2.28. The van der Waals surface area contributed by atoms with E-state index >= 15 is 0 Å². The first-order chi connectivity index (χ1) is 7.00. The number of ether oxygens (including phenoxy) is 1. The van der Waals surface area contributed by atoms with E-state index in [9.17, 15) is 4.79 Å². The van der Waals surface area contributed by atoms with Crippen LogP contribution < -0.4 is 5.73 Å². The van der Waals surface area contributed by atoms with Gasteiger partial charge in [0.05, 0.1) is 12.5 Å². The third kappa shape index (κ3) is 2.97. The largest absolute Gasteiger partial charge is 0.469 e. The number of carbonyl (C=O) groups is 1. The second-order valence-electron chi connectivity index (χ2n) is 4.10. The van der Waals surface area contributed by atoms with Gasteiger partial charge in [0.15, 0.2) is 0 Å². The number of benzene rings is 1. The molecule has 0 aliphatic carbocycles. The molecule has 0 radical (unpaired) electrons. The Bertz CT molecular complexity index is 338. The van der Waals surface area contributed by atoms with Crippen LogP contribution in [0.2, 0.25) is 0 Å². The smallest absolute Gasteiger partial charge is 0.313 e. The molecule has 1 aromatic carbocycles. The number of rotatable bonds is 3. The van der Waals surface area contributed by atoms with E-state index in [1.807, 2.05) is 30.3 Å². The van der Waals surface area contributed by atoms with E-state index in [4.69, 9.17) is 10.5 Å². The molecular formula is C12H18ClNO2. The lowest BCUT2D eigenvalue weighted by Crippen LogP contribution is -2.37. The molecule has 90 valence electrons. The van der Waals surface area contributed by atoms with Crippen LogP contribution in [0.15, 0.2) is 30.3 Å². The summed E-state index contributed by atoms with van der Waals surface area (Å²) in [6.07, 6.45) is 0. The maximum absolute atomic E-state index is 11.5. The minimum Gasteiger partial charge on any atom is -0.469 e. The average Bonchev–Trinajstić information content (AvgIpc) is 2.28. The lowest BCUT2D eigenvalue weighted by molar-refractivity contribution is -0.152. The number of methoxy groups -OCH3 is 1. The Morgan fingerprint density at radius 1 is 1.31 bits per heavy atom. The maximum Gasteiger partial charge on any atom is 0.313 e. The van der Waals surface area contributed by atoms with Crippen LogP contribution in [0, 0.1) is 5.41 Å². The summed E-state index contributed by atoms with van der Waals surface area (Å²) in [5.41, 5.74) is 6.27. The summed E-state index contributed by atoms with van der Waals surface area (Å²) >= 11 is 0. The number of hydrogen-bond donors (Lipinski definition) is 1. The molecule has 0 bridgehead atoms. The minimum absolute atomic E-state index is 0. The van der Waals surface area contributed by atoms with Crippen molar-refractivity contribution in [2.75, 3.05) is 7.11 Å². The average molecular weight is 244 g/mol. The Hall–Kier alpha value is -1.06. The summed E-state index contributed by atoms with van der Waals surface area (Å²) in [4.78, 5) is 11.5. The van der Waals surface area contributed by atoms with Gasteiger partial charge in [0.25, 0.3) is 0 Å². The van der Waals surface area contributed by atoms with E-state index in [2.05, 4.69) is 0 Å². The van der Waals surface area contributed by atoms with Gasteiger partial charge in [-0.3, -0.25) is 4.79 Å². The fourth-order valence-corrected chi connectivity index (χ4v) is 1.47. The van der Waals surface area contributed by atoms with Crippen molar-refractivity contribution in [1.29, 1.82) is 0 Å². The molecule has 1 rings (SSSR count). The number of hydrogen-bond acceptors (Lipinski definition) is 3. The summed E-state index contributed by atoms with van der Waals surface area (Å²) in [5, 5.41) is 0. The molecule has 0 unspecified atom stereocenters. The molecule has 0 heterocycles. The second-order valence-corrected chi connectivity index (χ2v) is 4.10. The van der Waals surface area contributed by atoms with Crippen molar-refractivity contribution in [2.24, 2.45) is 11.1 Å². The van der Waals surface area contributed by atoms with Gasteiger partial charge in [0, 0.05) is 6.04 Å². The second kappa shape index (κ2) is 5.87. The molecule has 0 saturated carbocycles. The third-order valence-corrected chi connectivity index (χ3v) is 2.65. The predicted octanol–water partition coefficient (Wildman–Crippen LogP) is 2.31. The first-order valence-corrected chi connectivity index (χ1v) is 4.89. The molecule has 0 aliphatic rings. The Labute approximate surface area is 102 Å². The monoisotopic (exact) mass is 243 g/mol. The minimum atomic E-state index is -0.712. The zero-order valence-electron chi connectivity index (χ0n) is 9.77. The lowest BCUT2D eigenvalue weighted by atomic mass is 9.81. The van der Waals surface area contributed by atoms with Gasteiger partial charge in [0.2, 0.25) is 0 Å². The van der Waals surface area contributed by atoms with Gasteiger partial charge >= 0.3 is 5.97 Å². The van der Waals surface area contributed by atoms with Gasteiger partial charge in [-0.1, -0.05) is 30.3 Å². The summed E-state index contributed by atoms with van der Waals surface area (Å²) in [7, 11) is 1.38. The van der Waals surface area contributed by atoms with Crippen molar-refractivity contribution in [1.82, 2.24) is 0 Å². The molecular weight excluding hydrogens is 226 g/mol. The number of esters is 1. The summed E-state index contributed by atoms with van der Waals surface area (Å²) < 4.78 is 4.74. The Morgan fingerprint density at radius 2 is 1.81 bits per heavy atom. The molecule has 0 saturated heterocycles. The fourth-order valence-electron chi connectivity index (χ4n) is 1.47. The normalized spacial score (nSPS) is 12.5. The molecule has 0 aromatic heterocycles. The van der Waals surface area contributed by atoms with Crippen molar-refractivity contribution in [3.05, 3.63) is 35.9 Å². The van der Waals surface area contributed by atoms with Crippen molar-refractivity contribution in [3.8, 4) is 0 Å². The van der Waals surface area contributed by atoms with E-state index in [1.165, 1.54) is 7.11 Å². The van der Waals surface area contributed by atoms with Crippen molar-refractivity contribution in [3.63, 3.8) is 0 Å². The highest BCUT2D eigenvalue weighted by atomic mass is 35.5. The standard InChI is InChI=1S/C12H17NO2.ClH/c1-12(2,11(14)15-3)10(13)9-7-5-4-6-8-9;/h4-8,10H,13H2,1-3H3;1H/t10-;/m0./s1. The van der Waals surface area contributed by atoms with Crippen LogP contribution in [0.3, 0.4) is 0 Å². The zero-order chi connectivity index (χ0) is 11.5. The van der Waals surface area contributed by atoms with Crippen LogP contribution >= 0.6 is 12.4 Å². The highest BCUT2D eigenvalue weighted by molar-refractivity contribution is 5.85. The van der Waals surface area contributed by atoms with Crippen LogP contribution in [-0.2, 0) is 9.53 Å². The van der Waals surface area contributed by atoms with Gasteiger partial charge in [0.1, 0.15) is 0 Å². The van der Waals surface area contributed by atoms with E-state index < -0.39 is 5.41 Å². The third-order valence-electron chi connectivity index (χ3n) is 2.65. The van der Waals surface area contributed by atoms with E-state index in [0.717, 1.165) is 5.56 Å². The summed E-state index contributed by atoms with van der Waals surface area (Å²) in [6.45, 7) is 3.58. The Kier molecular flexibility index (Phi) is 5.48. The van der Waals surface area contributed by atoms with Crippen LogP contribution in [0.5, 0.6) is 0 Å².